The number of carbonyl (C=O) groups excluding carboxylic acids is 2. The molecule has 3 aromatic rings. The Morgan fingerprint density at radius 3 is 2.25 bits per heavy atom. The summed E-state index contributed by atoms with van der Waals surface area (Å²) in [6.07, 6.45) is -0.322. The molecule has 0 aromatic heterocycles. The van der Waals surface area contributed by atoms with E-state index in [1.54, 1.807) is 45.2 Å². The minimum absolute atomic E-state index is 0.321. The molecule has 2 amide bonds. The largest absolute Gasteiger partial charge is 0.497 e. The molecule has 7 nitrogen and oxygen atoms in total. The smallest absolute Gasteiger partial charge is 0.338 e. The van der Waals surface area contributed by atoms with E-state index < -0.39 is 18.0 Å². The monoisotopic (exact) mass is 486 g/mol. The van der Waals surface area contributed by atoms with Gasteiger partial charge in [-0.3, -0.25) is 0 Å². The molecule has 0 aliphatic carbocycles. The van der Waals surface area contributed by atoms with Crippen LogP contribution in [0.5, 0.6) is 11.5 Å². The van der Waals surface area contributed by atoms with Crippen LogP contribution in [0.15, 0.2) is 78.4 Å². The van der Waals surface area contributed by atoms with Crippen molar-refractivity contribution < 1.29 is 23.8 Å². The number of nitrogens with one attached hydrogen (secondary N) is 2. The second-order valence-electron chi connectivity index (χ2n) is 8.79. The maximum absolute atomic E-state index is 13.2. The highest BCUT2D eigenvalue weighted by Gasteiger charge is 2.34. The third-order valence-electron chi connectivity index (χ3n) is 5.88. The average molecular weight is 487 g/mol. The minimum atomic E-state index is -0.701. The molecule has 2 N–H and O–H groups in total. The number of rotatable bonds is 8. The Hall–Kier alpha value is -4.26. The van der Waals surface area contributed by atoms with Gasteiger partial charge in [-0.05, 0) is 79.4 Å². The van der Waals surface area contributed by atoms with Crippen LogP contribution in [0.1, 0.15) is 42.1 Å². The zero-order chi connectivity index (χ0) is 25.7. The lowest BCUT2D eigenvalue weighted by Gasteiger charge is -2.30. The van der Waals surface area contributed by atoms with E-state index in [4.69, 9.17) is 14.2 Å². The maximum Gasteiger partial charge on any atom is 0.338 e. The SMILES string of the molecule is COc1ccc(C2=C(C(=O)OC(C)C)C(c3ccc(OCc4ccccc4C)cc3)NC(=O)N2)cc1. The molecule has 1 unspecified atom stereocenters. The Balaban J connectivity index is 1.66. The predicted octanol–water partition coefficient (Wildman–Crippen LogP) is 5.30. The number of hydrogen-bond donors (Lipinski definition) is 2. The van der Waals surface area contributed by atoms with Crippen molar-refractivity contribution in [3.8, 4) is 11.5 Å². The highest BCUT2D eigenvalue weighted by atomic mass is 16.5. The molecular formula is C29H30N2O5. The Bertz CT molecular complexity index is 1260. The van der Waals surface area contributed by atoms with Crippen LogP contribution >= 0.6 is 0 Å². The van der Waals surface area contributed by atoms with Crippen LogP contribution in [0.4, 0.5) is 4.79 Å². The molecule has 1 aliphatic rings. The highest BCUT2D eigenvalue weighted by Crippen LogP contribution is 2.33. The zero-order valence-electron chi connectivity index (χ0n) is 20.8. The third kappa shape index (κ3) is 5.68. The maximum atomic E-state index is 13.2. The fourth-order valence-electron chi connectivity index (χ4n) is 3.99. The number of benzene rings is 3. The number of aryl methyl sites for hydroxylation is 1. The van der Waals surface area contributed by atoms with Gasteiger partial charge in [-0.1, -0.05) is 36.4 Å². The lowest BCUT2D eigenvalue weighted by atomic mass is 9.92. The molecule has 1 aliphatic heterocycles. The van der Waals surface area contributed by atoms with Gasteiger partial charge in [0.05, 0.1) is 30.5 Å². The third-order valence-corrected chi connectivity index (χ3v) is 5.88. The van der Waals surface area contributed by atoms with Gasteiger partial charge in [0.1, 0.15) is 18.1 Å². The number of esters is 1. The van der Waals surface area contributed by atoms with Crippen LogP contribution in [0.3, 0.4) is 0 Å². The van der Waals surface area contributed by atoms with Crippen molar-refractivity contribution in [2.24, 2.45) is 0 Å². The molecule has 3 aromatic carbocycles. The van der Waals surface area contributed by atoms with Crippen LogP contribution in [0.2, 0.25) is 0 Å². The summed E-state index contributed by atoms with van der Waals surface area (Å²) < 4.78 is 16.8. The fourth-order valence-corrected chi connectivity index (χ4v) is 3.99. The minimum Gasteiger partial charge on any atom is -0.497 e. The standard InChI is InChI=1S/C29H30N2O5/c1-18(2)36-28(32)25-26(20-9-13-23(34-4)14-10-20)30-29(33)31-27(25)21-11-15-24(16-12-21)35-17-22-8-6-5-7-19(22)3/h5-16,18,27H,17H2,1-4H3,(H2,30,31,33). The van der Waals surface area contributed by atoms with Crippen LogP contribution in [0, 0.1) is 6.92 Å². The van der Waals surface area contributed by atoms with Gasteiger partial charge in [0.15, 0.2) is 0 Å². The number of amides is 2. The van der Waals surface area contributed by atoms with Gasteiger partial charge in [-0.2, -0.15) is 0 Å². The summed E-state index contributed by atoms with van der Waals surface area (Å²) in [5, 5.41) is 5.66. The van der Waals surface area contributed by atoms with E-state index in [1.165, 1.54) is 0 Å². The number of hydrogen-bond acceptors (Lipinski definition) is 5. The first-order valence-electron chi connectivity index (χ1n) is 11.8. The topological polar surface area (TPSA) is 85.9 Å². The summed E-state index contributed by atoms with van der Waals surface area (Å²) in [7, 11) is 1.58. The van der Waals surface area contributed by atoms with Crippen molar-refractivity contribution in [1.82, 2.24) is 10.6 Å². The lowest BCUT2D eigenvalue weighted by Crippen LogP contribution is -2.45. The fraction of sp³-hybridized carbons (Fsp3) is 0.241. The van der Waals surface area contributed by atoms with E-state index in [1.807, 2.05) is 55.5 Å². The van der Waals surface area contributed by atoms with Gasteiger partial charge >= 0.3 is 12.0 Å². The number of methoxy groups -OCH3 is 1. The summed E-state index contributed by atoms with van der Waals surface area (Å²) in [5.41, 5.74) is 4.40. The second-order valence-corrected chi connectivity index (χ2v) is 8.79. The first-order valence-corrected chi connectivity index (χ1v) is 11.8. The van der Waals surface area contributed by atoms with Crippen molar-refractivity contribution in [3.05, 3.63) is 101 Å². The Morgan fingerprint density at radius 2 is 1.61 bits per heavy atom. The van der Waals surface area contributed by atoms with Crippen molar-refractivity contribution in [1.29, 1.82) is 0 Å². The zero-order valence-corrected chi connectivity index (χ0v) is 20.8. The van der Waals surface area contributed by atoms with Crippen molar-refractivity contribution in [2.45, 2.75) is 39.5 Å². The molecule has 7 heteroatoms. The van der Waals surface area contributed by atoms with E-state index in [0.29, 0.717) is 34.9 Å². The quantitative estimate of drug-likeness (QED) is 0.422. The normalized spacial score (nSPS) is 15.2. The van der Waals surface area contributed by atoms with Crippen LogP contribution in [0.25, 0.3) is 5.70 Å². The number of carbonyl (C=O) groups is 2. The summed E-state index contributed by atoms with van der Waals surface area (Å²) in [4.78, 5) is 25.9. The molecule has 0 bridgehead atoms. The van der Waals surface area contributed by atoms with Crippen LogP contribution in [-0.4, -0.2) is 25.2 Å². The molecule has 0 saturated heterocycles. The molecule has 0 saturated carbocycles. The summed E-state index contributed by atoms with van der Waals surface area (Å²) in [6.45, 7) is 6.07. The summed E-state index contributed by atoms with van der Waals surface area (Å²) in [5.74, 6) is 0.852. The predicted molar refractivity (Wildman–Crippen MR) is 138 cm³/mol. The molecule has 0 radical (unpaired) electrons. The van der Waals surface area contributed by atoms with Crippen molar-refractivity contribution in [3.63, 3.8) is 0 Å². The first kappa shape index (κ1) is 24.9. The molecule has 0 fully saturated rings. The molecule has 1 heterocycles. The molecule has 186 valence electrons. The molecule has 1 atom stereocenters. The second kappa shape index (κ2) is 11.0. The van der Waals surface area contributed by atoms with Gasteiger partial charge in [-0.25, -0.2) is 9.59 Å². The molecular weight excluding hydrogens is 456 g/mol. The van der Waals surface area contributed by atoms with Gasteiger partial charge in [0, 0.05) is 0 Å². The molecule has 0 spiro atoms. The van der Waals surface area contributed by atoms with Crippen molar-refractivity contribution in [2.75, 3.05) is 7.11 Å². The number of ether oxygens (including phenoxy) is 3. The van der Waals surface area contributed by atoms with E-state index in [9.17, 15) is 9.59 Å². The molecule has 4 rings (SSSR count). The Morgan fingerprint density at radius 1 is 0.944 bits per heavy atom. The van der Waals surface area contributed by atoms with Gasteiger partial charge in [0.25, 0.3) is 0 Å². The van der Waals surface area contributed by atoms with Gasteiger partial charge < -0.3 is 24.8 Å². The van der Waals surface area contributed by atoms with Crippen LogP contribution < -0.4 is 20.1 Å². The highest BCUT2D eigenvalue weighted by molar-refractivity contribution is 6.04. The van der Waals surface area contributed by atoms with Gasteiger partial charge in [0.2, 0.25) is 0 Å². The van der Waals surface area contributed by atoms with E-state index in [-0.39, 0.29) is 6.10 Å². The van der Waals surface area contributed by atoms with Crippen molar-refractivity contribution >= 4 is 17.7 Å². The molecule has 36 heavy (non-hydrogen) atoms. The van der Waals surface area contributed by atoms with Crippen LogP contribution in [-0.2, 0) is 16.1 Å². The lowest BCUT2D eigenvalue weighted by molar-refractivity contribution is -0.143. The van der Waals surface area contributed by atoms with E-state index in [0.717, 1.165) is 16.7 Å². The number of urea groups is 1. The average Bonchev–Trinajstić information content (AvgIpc) is 2.87. The van der Waals surface area contributed by atoms with Gasteiger partial charge in [-0.15, -0.1) is 0 Å². The van der Waals surface area contributed by atoms with E-state index in [2.05, 4.69) is 10.6 Å². The Labute approximate surface area is 211 Å². The summed E-state index contributed by atoms with van der Waals surface area (Å²) >= 11 is 0. The first-order chi connectivity index (χ1) is 17.4. The summed E-state index contributed by atoms with van der Waals surface area (Å²) in [6, 6.07) is 21.4. The Kier molecular flexibility index (Phi) is 7.59. The van der Waals surface area contributed by atoms with E-state index >= 15 is 0 Å².